The fourth-order valence-corrected chi connectivity index (χ4v) is 7.51. The van der Waals surface area contributed by atoms with E-state index in [2.05, 4.69) is 150 Å². The average Bonchev–Trinajstić information content (AvgIpc) is 3.64. The number of nitrogens with zero attached hydrogens (tertiary/aromatic N) is 1. The van der Waals surface area contributed by atoms with Gasteiger partial charge in [-0.15, -0.1) is 0 Å². The van der Waals surface area contributed by atoms with E-state index in [-0.39, 0.29) is 0 Å². The Balaban J connectivity index is 1.15. The molecule has 0 bridgehead atoms. The second kappa shape index (κ2) is 8.44. The molecule has 4 aliphatic carbocycles. The largest absolute Gasteiger partial charge is 0.336 e. The van der Waals surface area contributed by atoms with E-state index < -0.39 is 0 Å². The number of benzene rings is 4. The van der Waals surface area contributed by atoms with Crippen LogP contribution in [0, 0.1) is 17.8 Å². The van der Waals surface area contributed by atoms with Crippen molar-refractivity contribution in [1.29, 1.82) is 0 Å². The van der Waals surface area contributed by atoms with Crippen molar-refractivity contribution in [2.24, 2.45) is 17.8 Å². The third kappa shape index (κ3) is 3.27. The molecular weight excluding hydrogens is 482 g/mol. The van der Waals surface area contributed by atoms with Crippen molar-refractivity contribution in [2.45, 2.75) is 12.0 Å². The predicted molar refractivity (Wildman–Crippen MR) is 168 cm³/mol. The summed E-state index contributed by atoms with van der Waals surface area (Å²) in [7, 11) is 0. The van der Waals surface area contributed by atoms with E-state index in [1.165, 1.54) is 55.2 Å². The van der Waals surface area contributed by atoms with Gasteiger partial charge in [-0.2, -0.15) is 0 Å². The minimum Gasteiger partial charge on any atom is -0.336 e. The molecule has 1 nitrogen and oxygen atoms in total. The third-order valence-corrected chi connectivity index (χ3v) is 9.52. The first-order valence-electron chi connectivity index (χ1n) is 14.5. The molecule has 1 heterocycles. The van der Waals surface area contributed by atoms with Crippen LogP contribution in [-0.2, 0) is 0 Å². The highest BCUT2D eigenvalue weighted by molar-refractivity contribution is 5.93. The van der Waals surface area contributed by atoms with Crippen LogP contribution in [0.25, 0.3) is 38.9 Å². The van der Waals surface area contributed by atoms with Crippen LogP contribution in [0.5, 0.6) is 0 Å². The van der Waals surface area contributed by atoms with Gasteiger partial charge < -0.3 is 4.57 Å². The first kappa shape index (κ1) is 22.2. The molecule has 0 saturated heterocycles. The number of hydrogen-bond acceptors (Lipinski definition) is 0. The van der Waals surface area contributed by atoms with Gasteiger partial charge in [-0.1, -0.05) is 127 Å². The molecule has 0 radical (unpaired) electrons. The first-order valence-corrected chi connectivity index (χ1v) is 14.5. The Morgan fingerprint density at radius 1 is 0.550 bits per heavy atom. The Morgan fingerprint density at radius 2 is 1.30 bits per heavy atom. The maximum Gasteiger partial charge on any atom is 0.0491 e. The summed E-state index contributed by atoms with van der Waals surface area (Å²) < 4.78 is 2.67. The van der Waals surface area contributed by atoms with Crippen LogP contribution in [-0.4, -0.2) is 4.57 Å². The van der Waals surface area contributed by atoms with Crippen molar-refractivity contribution in [1.82, 2.24) is 4.57 Å². The average molecular weight is 512 g/mol. The van der Waals surface area contributed by atoms with Gasteiger partial charge in [0, 0.05) is 46.3 Å². The van der Waals surface area contributed by atoms with Crippen molar-refractivity contribution in [3.63, 3.8) is 0 Å². The van der Waals surface area contributed by atoms with Crippen LogP contribution in [0.2, 0.25) is 0 Å². The van der Waals surface area contributed by atoms with Gasteiger partial charge in [0.1, 0.15) is 0 Å². The van der Waals surface area contributed by atoms with E-state index in [1.54, 1.807) is 0 Å². The lowest BCUT2D eigenvalue weighted by molar-refractivity contribution is 0.667. The maximum atomic E-state index is 2.67. The van der Waals surface area contributed by atoms with E-state index in [1.807, 2.05) is 0 Å². The van der Waals surface area contributed by atoms with Crippen molar-refractivity contribution >= 4 is 38.9 Å². The second-order valence-electron chi connectivity index (χ2n) is 11.7. The summed E-state index contributed by atoms with van der Waals surface area (Å²) in [5.74, 6) is 1.83. The van der Waals surface area contributed by atoms with E-state index in [4.69, 9.17) is 0 Å². The second-order valence-corrected chi connectivity index (χ2v) is 11.7. The Morgan fingerprint density at radius 3 is 2.23 bits per heavy atom. The fourth-order valence-electron chi connectivity index (χ4n) is 7.51. The van der Waals surface area contributed by atoms with E-state index in [9.17, 15) is 0 Å². The summed E-state index contributed by atoms with van der Waals surface area (Å²) >= 11 is 0. The molecule has 190 valence electrons. The first-order chi connectivity index (χ1) is 19.8. The molecule has 5 atom stereocenters. The lowest BCUT2D eigenvalue weighted by Gasteiger charge is -2.28. The highest BCUT2D eigenvalue weighted by Crippen LogP contribution is 2.59. The van der Waals surface area contributed by atoms with Crippen LogP contribution >= 0.6 is 0 Å². The normalized spacial score (nSPS) is 25.8. The molecular formula is C39H29N. The van der Waals surface area contributed by atoms with Crippen LogP contribution in [0.3, 0.4) is 0 Å². The number of rotatable bonds is 3. The molecule has 4 aliphatic rings. The summed E-state index contributed by atoms with van der Waals surface area (Å²) in [6, 6.07) is 35.9. The van der Waals surface area contributed by atoms with Gasteiger partial charge in [0.15, 0.2) is 0 Å². The zero-order chi connectivity index (χ0) is 26.2. The molecule has 0 aliphatic heterocycles. The monoisotopic (exact) mass is 511 g/mol. The van der Waals surface area contributed by atoms with Crippen LogP contribution in [0.1, 0.15) is 34.3 Å². The topological polar surface area (TPSA) is 4.93 Å². The van der Waals surface area contributed by atoms with E-state index in [0.29, 0.717) is 29.7 Å². The fraction of sp³-hybridized carbons (Fsp3) is 0.128. The number of allylic oxidation sites excluding steroid dienone is 9. The molecule has 5 aromatic rings. The molecule has 9 rings (SSSR count). The molecule has 0 N–H and O–H groups in total. The molecule has 40 heavy (non-hydrogen) atoms. The van der Waals surface area contributed by atoms with Gasteiger partial charge >= 0.3 is 0 Å². The SMILES string of the molecule is C1=CC2C(C=C1c1ccccc1)C2n1c2c(c3ccccc31)C1C=C(c3ccc4ccccc4c3)C=CC1C=C2. The van der Waals surface area contributed by atoms with Crippen molar-refractivity contribution < 1.29 is 0 Å². The number of fused-ring (bicyclic) bond motifs is 7. The lowest BCUT2D eigenvalue weighted by Crippen LogP contribution is -2.15. The Bertz CT molecular complexity index is 1980. The standard InChI is InChI=1S/C39H29N/c1-2-8-25(9-3-1)30-18-20-32-35(24-30)39(32)40-36-13-7-6-12-33(36)38-34-23-31(17-15-27(34)19-21-37(38)40)29-16-14-26-10-4-5-11-28(26)22-29/h1-24,27,32,34-35,39H. The maximum absolute atomic E-state index is 2.67. The van der Waals surface area contributed by atoms with Gasteiger partial charge in [-0.25, -0.2) is 0 Å². The summed E-state index contributed by atoms with van der Waals surface area (Å²) in [5.41, 5.74) is 9.54. The van der Waals surface area contributed by atoms with Gasteiger partial charge in [-0.3, -0.25) is 0 Å². The molecule has 4 aromatic carbocycles. The van der Waals surface area contributed by atoms with Crippen molar-refractivity contribution in [3.8, 4) is 0 Å². The van der Waals surface area contributed by atoms with Gasteiger partial charge in [-0.05, 0) is 56.8 Å². The summed E-state index contributed by atoms with van der Waals surface area (Å²) in [6.45, 7) is 0. The zero-order valence-corrected chi connectivity index (χ0v) is 22.2. The number of aromatic nitrogens is 1. The minimum atomic E-state index is 0.337. The number of para-hydroxylation sites is 1. The summed E-state index contributed by atoms with van der Waals surface area (Å²) in [6.07, 6.45) is 19.4. The molecule has 0 amide bonds. The predicted octanol–water partition coefficient (Wildman–Crippen LogP) is 9.61. The smallest absolute Gasteiger partial charge is 0.0491 e. The third-order valence-electron chi connectivity index (χ3n) is 9.52. The Hall–Kier alpha value is -4.62. The molecule has 1 saturated carbocycles. The van der Waals surface area contributed by atoms with E-state index in [0.717, 1.165) is 0 Å². The molecule has 0 spiro atoms. The minimum absolute atomic E-state index is 0.337. The summed E-state index contributed by atoms with van der Waals surface area (Å²) in [4.78, 5) is 0. The Kier molecular flexibility index (Phi) is 4.69. The molecule has 1 fully saturated rings. The Labute approximate surface area is 234 Å². The molecule has 5 unspecified atom stereocenters. The molecule has 1 heteroatoms. The van der Waals surface area contributed by atoms with Gasteiger partial charge in [0.25, 0.3) is 0 Å². The quantitative estimate of drug-likeness (QED) is 0.227. The molecule has 1 aromatic heterocycles. The zero-order valence-electron chi connectivity index (χ0n) is 22.2. The highest BCUT2D eigenvalue weighted by atomic mass is 15.1. The van der Waals surface area contributed by atoms with Crippen LogP contribution in [0.15, 0.2) is 140 Å². The number of hydrogen-bond donors (Lipinski definition) is 0. The lowest BCUT2D eigenvalue weighted by atomic mass is 9.76. The van der Waals surface area contributed by atoms with Crippen molar-refractivity contribution in [2.75, 3.05) is 0 Å². The van der Waals surface area contributed by atoms with Gasteiger partial charge in [0.2, 0.25) is 0 Å². The van der Waals surface area contributed by atoms with Crippen LogP contribution in [0.4, 0.5) is 0 Å². The van der Waals surface area contributed by atoms with Crippen LogP contribution < -0.4 is 0 Å². The van der Waals surface area contributed by atoms with Crippen molar-refractivity contribution in [3.05, 3.63) is 162 Å². The summed E-state index contributed by atoms with van der Waals surface area (Å²) in [5, 5.41) is 3.99. The van der Waals surface area contributed by atoms with E-state index >= 15 is 0 Å². The van der Waals surface area contributed by atoms with Gasteiger partial charge in [0.05, 0.1) is 0 Å². The highest BCUT2D eigenvalue weighted by Gasteiger charge is 2.51.